The van der Waals surface area contributed by atoms with Gasteiger partial charge >= 0.3 is 7.82 Å². The molecule has 3 atom stereocenters. The van der Waals surface area contributed by atoms with Gasteiger partial charge in [0.25, 0.3) is 0 Å². The topological polar surface area (TPSA) is 65.0 Å². The number of unbranched alkanes of at least 4 members (excludes halogenated alkanes) is 13. The summed E-state index contributed by atoms with van der Waals surface area (Å²) in [4.78, 5) is 15.1. The Kier molecular flexibility index (Phi) is 23.5. The zero-order chi connectivity index (χ0) is 23.9. The lowest BCUT2D eigenvalue weighted by molar-refractivity contribution is -0.267. The fourth-order valence-electron chi connectivity index (χ4n) is 3.99. The summed E-state index contributed by atoms with van der Waals surface area (Å²) >= 11 is 4.28. The minimum atomic E-state index is -4.13. The first kappa shape index (κ1) is 32.4. The van der Waals surface area contributed by atoms with Crippen LogP contribution in [-0.2, 0) is 18.7 Å². The molecule has 0 rings (SSSR count). The van der Waals surface area contributed by atoms with E-state index in [2.05, 4.69) is 19.6 Å². The molecule has 5 nitrogen and oxygen atoms in total. The van der Waals surface area contributed by atoms with Crippen molar-refractivity contribution in [2.75, 3.05) is 12.4 Å². The van der Waals surface area contributed by atoms with Gasteiger partial charge in [-0.05, 0) is 44.3 Å². The molecule has 0 radical (unpaired) electrons. The van der Waals surface area contributed by atoms with Gasteiger partial charge in [-0.2, -0.15) is 12.6 Å². The first-order chi connectivity index (χ1) is 15.5. The molecule has 0 fully saturated rings. The van der Waals surface area contributed by atoms with Gasteiger partial charge in [0, 0.05) is 0 Å². The molecular weight excluding hydrogens is 443 g/mol. The third-order valence-electron chi connectivity index (χ3n) is 6.07. The van der Waals surface area contributed by atoms with Crippen LogP contribution in [0.25, 0.3) is 0 Å². The molecule has 7 heteroatoms. The number of hydrogen-bond acceptors (Lipinski definition) is 5. The molecule has 0 aromatic carbocycles. The Balaban J connectivity index is 4.22. The summed E-state index contributed by atoms with van der Waals surface area (Å²) in [6.45, 7) is 6.27. The number of phosphoric ester groups is 1. The second-order valence-electron chi connectivity index (χ2n) is 9.19. The summed E-state index contributed by atoms with van der Waals surface area (Å²) < 4.78 is 21.6. The van der Waals surface area contributed by atoms with Crippen LogP contribution < -0.4 is 0 Å². The first-order valence-corrected chi connectivity index (χ1v) is 15.5. The Bertz CT molecular complexity index is 439. The monoisotopic (exact) mass is 496 g/mol. The summed E-state index contributed by atoms with van der Waals surface area (Å²) in [6.07, 6.45) is 21.8. The maximum absolute atomic E-state index is 11.9. The molecule has 0 aliphatic heterocycles. The van der Waals surface area contributed by atoms with Gasteiger partial charge in [0.2, 0.25) is 0 Å². The number of hydrogen-bond donors (Lipinski definition) is 2. The predicted molar refractivity (Wildman–Crippen MR) is 139 cm³/mol. The van der Waals surface area contributed by atoms with E-state index in [0.717, 1.165) is 25.0 Å². The van der Waals surface area contributed by atoms with Crippen LogP contribution in [0.4, 0.5) is 0 Å². The van der Waals surface area contributed by atoms with Crippen molar-refractivity contribution in [1.82, 2.24) is 0 Å². The molecule has 0 spiro atoms. The van der Waals surface area contributed by atoms with Crippen LogP contribution in [0, 0.1) is 5.92 Å². The predicted octanol–water partition coefficient (Wildman–Crippen LogP) is 9.05. The average molecular weight is 497 g/mol. The van der Waals surface area contributed by atoms with E-state index in [9.17, 15) is 9.46 Å². The molecule has 1 N–H and O–H groups in total. The van der Waals surface area contributed by atoms with Crippen molar-refractivity contribution in [3.05, 3.63) is 0 Å². The van der Waals surface area contributed by atoms with Gasteiger partial charge in [-0.1, -0.05) is 104 Å². The summed E-state index contributed by atoms with van der Waals surface area (Å²) in [7, 11) is -4.13. The molecule has 0 aliphatic carbocycles. The molecule has 0 bridgehead atoms. The van der Waals surface area contributed by atoms with Crippen molar-refractivity contribution in [1.29, 1.82) is 0 Å². The highest BCUT2D eigenvalue weighted by molar-refractivity contribution is 7.80. The normalized spacial score (nSPS) is 15.5. The molecular formula is C25H53O5PS. The first-order valence-electron chi connectivity index (χ1n) is 13.4. The Morgan fingerprint density at radius 1 is 0.750 bits per heavy atom. The SMILES string of the molecule is CCCCCCCCCCCCC(CCCCCCCS)C(C)OOP(=O)(O)OCCC. The molecule has 0 saturated carbocycles. The summed E-state index contributed by atoms with van der Waals surface area (Å²) in [5.41, 5.74) is 0. The Hall–Kier alpha value is 0.420. The number of phosphoric acid groups is 1. The van der Waals surface area contributed by atoms with Gasteiger partial charge in [-0.3, -0.25) is 4.52 Å². The van der Waals surface area contributed by atoms with Gasteiger partial charge in [0.15, 0.2) is 0 Å². The van der Waals surface area contributed by atoms with E-state index in [-0.39, 0.29) is 12.7 Å². The van der Waals surface area contributed by atoms with E-state index >= 15 is 0 Å². The van der Waals surface area contributed by atoms with E-state index in [0.29, 0.717) is 12.3 Å². The van der Waals surface area contributed by atoms with Crippen molar-refractivity contribution >= 4 is 20.5 Å². The van der Waals surface area contributed by atoms with Crippen molar-refractivity contribution in [2.45, 2.75) is 142 Å². The molecule has 3 unspecified atom stereocenters. The Morgan fingerprint density at radius 2 is 1.22 bits per heavy atom. The van der Waals surface area contributed by atoms with Gasteiger partial charge in [-0.15, -0.1) is 4.67 Å². The highest BCUT2D eigenvalue weighted by Crippen LogP contribution is 2.44. The van der Waals surface area contributed by atoms with Gasteiger partial charge in [0.1, 0.15) is 0 Å². The standard InChI is InChI=1S/C25H53O5PS/c1-4-6-7-8-9-10-11-12-14-17-20-25(21-18-15-13-16-19-23-32)24(3)29-30-31(26,27)28-22-5-2/h24-25,32H,4-23H2,1-3H3,(H,26,27). The second kappa shape index (κ2) is 23.2. The number of thiol groups is 1. The van der Waals surface area contributed by atoms with Crippen LogP contribution >= 0.6 is 20.5 Å². The van der Waals surface area contributed by atoms with Crippen molar-refractivity contribution in [2.24, 2.45) is 5.92 Å². The van der Waals surface area contributed by atoms with Crippen molar-refractivity contribution in [3.63, 3.8) is 0 Å². The van der Waals surface area contributed by atoms with Crippen molar-refractivity contribution in [3.8, 4) is 0 Å². The van der Waals surface area contributed by atoms with E-state index in [4.69, 9.17) is 14.1 Å². The third kappa shape index (κ3) is 21.0. The van der Waals surface area contributed by atoms with Crippen LogP contribution in [0.1, 0.15) is 136 Å². The minimum Gasteiger partial charge on any atom is -0.301 e. The number of rotatable bonds is 25. The summed E-state index contributed by atoms with van der Waals surface area (Å²) in [5, 5.41) is 0. The van der Waals surface area contributed by atoms with Gasteiger partial charge in [0.05, 0.1) is 12.7 Å². The quantitative estimate of drug-likeness (QED) is 0.0434. The second-order valence-corrected chi connectivity index (χ2v) is 11.0. The highest BCUT2D eigenvalue weighted by atomic mass is 32.1. The van der Waals surface area contributed by atoms with Crippen LogP contribution in [-0.4, -0.2) is 23.4 Å². The van der Waals surface area contributed by atoms with Crippen molar-refractivity contribution < 1.29 is 23.5 Å². The van der Waals surface area contributed by atoms with Crippen LogP contribution in [0.15, 0.2) is 0 Å². The lowest BCUT2D eigenvalue weighted by Crippen LogP contribution is -2.21. The van der Waals surface area contributed by atoms with Gasteiger partial charge < -0.3 is 4.89 Å². The summed E-state index contributed by atoms with van der Waals surface area (Å²) in [6, 6.07) is 0. The molecule has 0 aromatic rings. The van der Waals surface area contributed by atoms with E-state index in [1.165, 1.54) is 89.9 Å². The molecule has 0 aliphatic rings. The maximum Gasteiger partial charge on any atom is 0.499 e. The van der Waals surface area contributed by atoms with E-state index < -0.39 is 7.82 Å². The Labute approximate surface area is 204 Å². The fourth-order valence-corrected chi connectivity index (χ4v) is 4.91. The Morgan fingerprint density at radius 3 is 1.69 bits per heavy atom. The average Bonchev–Trinajstić information content (AvgIpc) is 2.78. The van der Waals surface area contributed by atoms with Crippen LogP contribution in [0.2, 0.25) is 0 Å². The largest absolute Gasteiger partial charge is 0.499 e. The zero-order valence-corrected chi connectivity index (χ0v) is 23.1. The minimum absolute atomic E-state index is 0.180. The molecule has 194 valence electrons. The fraction of sp³-hybridized carbons (Fsp3) is 1.00. The molecule has 0 heterocycles. The van der Waals surface area contributed by atoms with E-state index in [1.54, 1.807) is 0 Å². The molecule has 0 saturated heterocycles. The van der Waals surface area contributed by atoms with Gasteiger partial charge in [-0.25, -0.2) is 9.45 Å². The zero-order valence-electron chi connectivity index (χ0n) is 21.3. The smallest absolute Gasteiger partial charge is 0.301 e. The third-order valence-corrected chi connectivity index (χ3v) is 7.17. The molecule has 32 heavy (non-hydrogen) atoms. The maximum atomic E-state index is 11.9. The summed E-state index contributed by atoms with van der Waals surface area (Å²) in [5.74, 6) is 1.30. The van der Waals surface area contributed by atoms with Crippen LogP contribution in [0.5, 0.6) is 0 Å². The molecule has 0 amide bonds. The highest BCUT2D eigenvalue weighted by Gasteiger charge is 2.26. The van der Waals surface area contributed by atoms with Crippen LogP contribution in [0.3, 0.4) is 0 Å². The van der Waals surface area contributed by atoms with E-state index in [1.807, 2.05) is 13.8 Å². The lowest BCUT2D eigenvalue weighted by Gasteiger charge is -2.24. The lowest BCUT2D eigenvalue weighted by atomic mass is 9.90. The molecule has 0 aromatic heterocycles.